The minimum absolute atomic E-state index is 0.325. The molecule has 142 valence electrons. The predicted molar refractivity (Wildman–Crippen MR) is 101 cm³/mol. The number of hydrogen-bond acceptors (Lipinski definition) is 5. The van der Waals surface area contributed by atoms with Gasteiger partial charge in [-0.05, 0) is 50.2 Å². The largest absolute Gasteiger partial charge is 0.494 e. The second kappa shape index (κ2) is 9.96. The summed E-state index contributed by atoms with van der Waals surface area (Å²) in [6, 6.07) is 15.3. The van der Waals surface area contributed by atoms with Crippen molar-refractivity contribution in [3.63, 3.8) is 0 Å². The first kappa shape index (κ1) is 20.0. The van der Waals surface area contributed by atoms with Crippen molar-refractivity contribution in [3.05, 3.63) is 60.2 Å². The Kier molecular flexibility index (Phi) is 7.37. The molecular weight excluding hydrogens is 348 g/mol. The van der Waals surface area contributed by atoms with E-state index in [9.17, 15) is 14.4 Å². The molecule has 0 radical (unpaired) electrons. The minimum atomic E-state index is -1.00. The average Bonchev–Trinajstić information content (AvgIpc) is 2.68. The van der Waals surface area contributed by atoms with Gasteiger partial charge >= 0.3 is 5.97 Å². The molecule has 0 aromatic heterocycles. The van der Waals surface area contributed by atoms with Gasteiger partial charge in [0.1, 0.15) is 12.3 Å². The minimum Gasteiger partial charge on any atom is -0.494 e. The summed E-state index contributed by atoms with van der Waals surface area (Å²) in [6.07, 6.45) is -1.00. The maximum absolute atomic E-state index is 12.1. The molecule has 0 saturated heterocycles. The van der Waals surface area contributed by atoms with Crippen LogP contribution in [0, 0.1) is 0 Å². The number of ether oxygens (including phenoxy) is 2. The molecule has 2 amide bonds. The third-order valence-corrected chi connectivity index (χ3v) is 3.54. The maximum Gasteiger partial charge on any atom is 0.326 e. The van der Waals surface area contributed by atoms with Gasteiger partial charge in [-0.1, -0.05) is 18.2 Å². The Morgan fingerprint density at radius 3 is 2.30 bits per heavy atom. The lowest BCUT2D eigenvalue weighted by molar-refractivity contribution is -0.152. The van der Waals surface area contributed by atoms with Crippen LogP contribution < -0.4 is 15.4 Å². The van der Waals surface area contributed by atoms with Crippen molar-refractivity contribution in [1.82, 2.24) is 5.32 Å². The van der Waals surface area contributed by atoms with E-state index >= 15 is 0 Å². The van der Waals surface area contributed by atoms with Crippen molar-refractivity contribution >= 4 is 23.5 Å². The van der Waals surface area contributed by atoms with Crippen molar-refractivity contribution in [2.75, 3.05) is 18.5 Å². The Morgan fingerprint density at radius 2 is 1.67 bits per heavy atom. The first-order valence-corrected chi connectivity index (χ1v) is 8.56. The molecule has 2 aromatic carbocycles. The maximum atomic E-state index is 12.1. The SMILES string of the molecule is CCOc1ccc(NC(=O)[C@@H](C)OC(=O)CNC(=O)c2ccccc2)cc1. The van der Waals surface area contributed by atoms with Crippen molar-refractivity contribution in [2.45, 2.75) is 20.0 Å². The number of hydrogen-bond donors (Lipinski definition) is 2. The van der Waals surface area contributed by atoms with Gasteiger partial charge in [-0.15, -0.1) is 0 Å². The Balaban J connectivity index is 1.77. The molecule has 2 rings (SSSR count). The van der Waals surface area contributed by atoms with E-state index in [2.05, 4.69) is 10.6 Å². The number of carbonyl (C=O) groups is 3. The van der Waals surface area contributed by atoms with Gasteiger partial charge in [-0.2, -0.15) is 0 Å². The fraction of sp³-hybridized carbons (Fsp3) is 0.250. The molecule has 2 N–H and O–H groups in total. The summed E-state index contributed by atoms with van der Waals surface area (Å²) in [6.45, 7) is 3.57. The third kappa shape index (κ3) is 6.47. The topological polar surface area (TPSA) is 93.7 Å². The number of rotatable bonds is 8. The molecule has 27 heavy (non-hydrogen) atoms. The van der Waals surface area contributed by atoms with Gasteiger partial charge in [0.15, 0.2) is 6.10 Å². The van der Waals surface area contributed by atoms with Crippen LogP contribution in [0.2, 0.25) is 0 Å². The number of benzene rings is 2. The standard InChI is InChI=1S/C20H22N2O5/c1-3-26-17-11-9-16(10-12-17)22-19(24)14(2)27-18(23)13-21-20(25)15-7-5-4-6-8-15/h4-12,14H,3,13H2,1-2H3,(H,21,25)(H,22,24)/t14-/m1/s1. The monoisotopic (exact) mass is 370 g/mol. The van der Waals surface area contributed by atoms with Gasteiger partial charge in [0.2, 0.25) is 0 Å². The normalized spacial score (nSPS) is 11.2. The zero-order valence-corrected chi connectivity index (χ0v) is 15.2. The second-order valence-corrected chi connectivity index (χ2v) is 5.63. The average molecular weight is 370 g/mol. The fourth-order valence-electron chi connectivity index (χ4n) is 2.18. The van der Waals surface area contributed by atoms with Crippen molar-refractivity contribution in [2.24, 2.45) is 0 Å². The van der Waals surface area contributed by atoms with Crippen LogP contribution in [0.15, 0.2) is 54.6 Å². The first-order chi connectivity index (χ1) is 13.0. The van der Waals surface area contributed by atoms with E-state index in [4.69, 9.17) is 9.47 Å². The van der Waals surface area contributed by atoms with E-state index in [0.717, 1.165) is 0 Å². The summed E-state index contributed by atoms with van der Waals surface area (Å²) < 4.78 is 10.4. The van der Waals surface area contributed by atoms with Crippen LogP contribution in [0.25, 0.3) is 0 Å². The predicted octanol–water partition coefficient (Wildman–Crippen LogP) is 2.39. The molecule has 0 bridgehead atoms. The van der Waals surface area contributed by atoms with Gasteiger partial charge < -0.3 is 20.1 Å². The van der Waals surface area contributed by atoms with Crippen molar-refractivity contribution in [3.8, 4) is 5.75 Å². The molecule has 1 atom stereocenters. The smallest absolute Gasteiger partial charge is 0.326 e. The highest BCUT2D eigenvalue weighted by Gasteiger charge is 2.18. The Labute approximate surface area is 157 Å². The van der Waals surface area contributed by atoms with E-state index in [1.807, 2.05) is 6.92 Å². The Morgan fingerprint density at radius 1 is 1.00 bits per heavy atom. The number of carbonyl (C=O) groups excluding carboxylic acids is 3. The molecule has 2 aromatic rings. The number of anilines is 1. The fourth-order valence-corrected chi connectivity index (χ4v) is 2.18. The van der Waals surface area contributed by atoms with Crippen LogP contribution in [0.5, 0.6) is 5.75 Å². The van der Waals surface area contributed by atoms with Crippen molar-refractivity contribution < 1.29 is 23.9 Å². The van der Waals surface area contributed by atoms with E-state index in [1.54, 1.807) is 54.6 Å². The molecule has 0 saturated carbocycles. The zero-order chi connectivity index (χ0) is 19.6. The molecule has 0 aliphatic carbocycles. The number of esters is 1. The van der Waals surface area contributed by atoms with Crippen LogP contribution in [0.4, 0.5) is 5.69 Å². The third-order valence-electron chi connectivity index (χ3n) is 3.54. The van der Waals surface area contributed by atoms with E-state index in [-0.39, 0.29) is 12.5 Å². The lowest BCUT2D eigenvalue weighted by Crippen LogP contribution is -2.35. The van der Waals surface area contributed by atoms with Crippen LogP contribution in [-0.4, -0.2) is 37.0 Å². The van der Waals surface area contributed by atoms with Gasteiger partial charge in [0, 0.05) is 11.3 Å². The highest BCUT2D eigenvalue weighted by molar-refractivity contribution is 5.97. The highest BCUT2D eigenvalue weighted by atomic mass is 16.5. The van der Waals surface area contributed by atoms with Gasteiger partial charge in [0.25, 0.3) is 11.8 Å². The molecular formula is C20H22N2O5. The molecule has 0 heterocycles. The molecule has 7 heteroatoms. The number of amides is 2. The summed E-state index contributed by atoms with van der Waals surface area (Å²) in [4.78, 5) is 35.8. The zero-order valence-electron chi connectivity index (χ0n) is 15.2. The summed E-state index contributed by atoms with van der Waals surface area (Å²) in [5, 5.41) is 5.10. The quantitative estimate of drug-likeness (QED) is 0.696. The Hall–Kier alpha value is -3.35. The van der Waals surface area contributed by atoms with Gasteiger partial charge in [0.05, 0.1) is 6.61 Å². The highest BCUT2D eigenvalue weighted by Crippen LogP contribution is 2.16. The van der Waals surface area contributed by atoms with E-state index in [0.29, 0.717) is 23.6 Å². The molecule has 0 spiro atoms. The first-order valence-electron chi connectivity index (χ1n) is 8.56. The molecule has 0 unspecified atom stereocenters. The lowest BCUT2D eigenvalue weighted by Gasteiger charge is -2.14. The van der Waals surface area contributed by atoms with Crippen molar-refractivity contribution in [1.29, 1.82) is 0 Å². The van der Waals surface area contributed by atoms with Crippen LogP contribution in [0.3, 0.4) is 0 Å². The Bertz CT molecular complexity index is 775. The van der Waals surface area contributed by atoms with Crippen LogP contribution >= 0.6 is 0 Å². The second-order valence-electron chi connectivity index (χ2n) is 5.63. The molecule has 0 fully saturated rings. The summed E-state index contributed by atoms with van der Waals surface area (Å²) in [5.74, 6) is -0.862. The molecule has 0 aliphatic rings. The van der Waals surface area contributed by atoms with Gasteiger partial charge in [-0.3, -0.25) is 14.4 Å². The summed E-state index contributed by atoms with van der Waals surface area (Å²) in [7, 11) is 0. The molecule has 7 nitrogen and oxygen atoms in total. The van der Waals surface area contributed by atoms with E-state index < -0.39 is 18.0 Å². The van der Waals surface area contributed by atoms with E-state index in [1.165, 1.54) is 6.92 Å². The molecule has 0 aliphatic heterocycles. The van der Waals surface area contributed by atoms with Crippen LogP contribution in [0.1, 0.15) is 24.2 Å². The van der Waals surface area contributed by atoms with Gasteiger partial charge in [-0.25, -0.2) is 0 Å². The lowest BCUT2D eigenvalue weighted by atomic mass is 10.2. The number of nitrogens with one attached hydrogen (secondary N) is 2. The summed E-state index contributed by atoms with van der Waals surface area (Å²) in [5.41, 5.74) is 0.996. The van der Waals surface area contributed by atoms with Crippen LogP contribution in [-0.2, 0) is 14.3 Å². The summed E-state index contributed by atoms with van der Waals surface area (Å²) >= 11 is 0.